The van der Waals surface area contributed by atoms with Gasteiger partial charge in [0.25, 0.3) is 0 Å². The monoisotopic (exact) mass is 216 g/mol. The van der Waals surface area contributed by atoms with Crippen molar-refractivity contribution in [2.45, 2.75) is 12.3 Å². The van der Waals surface area contributed by atoms with Crippen LogP contribution in [0.4, 0.5) is 0 Å². The number of rotatable bonds is 2. The summed E-state index contributed by atoms with van der Waals surface area (Å²) in [6.45, 7) is 0. The number of benzene rings is 1. The van der Waals surface area contributed by atoms with E-state index in [1.807, 2.05) is 36.0 Å². The van der Waals surface area contributed by atoms with E-state index >= 15 is 0 Å². The average molecular weight is 216 g/mol. The lowest BCUT2D eigenvalue weighted by Crippen LogP contribution is -1.99. The molecule has 0 unspecified atom stereocenters. The Hall–Kier alpha value is -1.84. The molecule has 3 rings (SSSR count). The minimum Gasteiger partial charge on any atom is -0.481 e. The summed E-state index contributed by atoms with van der Waals surface area (Å²) in [5, 5.41) is 14.4. The summed E-state index contributed by atoms with van der Waals surface area (Å²) in [6, 6.07) is 7.94. The van der Waals surface area contributed by atoms with Crippen molar-refractivity contribution in [2.75, 3.05) is 0 Å². The summed E-state index contributed by atoms with van der Waals surface area (Å²) in [6.07, 6.45) is 0.719. The number of carbonyl (C=O) groups is 1. The van der Waals surface area contributed by atoms with Crippen molar-refractivity contribution < 1.29 is 9.90 Å². The molecule has 0 radical (unpaired) electrons. The van der Waals surface area contributed by atoms with Gasteiger partial charge in [-0.15, -0.1) is 0 Å². The first-order chi connectivity index (χ1) is 7.68. The second kappa shape index (κ2) is 3.07. The summed E-state index contributed by atoms with van der Waals surface area (Å²) in [5.41, 5.74) is 2.00. The van der Waals surface area contributed by atoms with Gasteiger partial charge in [-0.2, -0.15) is 5.10 Å². The highest BCUT2D eigenvalue weighted by molar-refractivity contribution is 5.85. The Kier molecular flexibility index (Phi) is 1.80. The number of fused-ring (bicyclic) bond motifs is 1. The van der Waals surface area contributed by atoms with E-state index in [1.54, 1.807) is 0 Å². The Morgan fingerprint density at radius 3 is 2.94 bits per heavy atom. The average Bonchev–Trinajstić information content (AvgIpc) is 3.00. The van der Waals surface area contributed by atoms with Gasteiger partial charge in [0.2, 0.25) is 0 Å². The lowest BCUT2D eigenvalue weighted by atomic mass is 10.1. The van der Waals surface area contributed by atoms with E-state index in [1.165, 1.54) is 0 Å². The zero-order valence-electron chi connectivity index (χ0n) is 8.92. The predicted octanol–water partition coefficient (Wildman–Crippen LogP) is 1.76. The van der Waals surface area contributed by atoms with Crippen molar-refractivity contribution in [2.24, 2.45) is 13.0 Å². The minimum absolute atomic E-state index is 0.101. The van der Waals surface area contributed by atoms with Gasteiger partial charge in [-0.05, 0) is 12.5 Å². The molecule has 0 bridgehead atoms. The van der Waals surface area contributed by atoms with Crippen LogP contribution in [0.3, 0.4) is 0 Å². The third-order valence-corrected chi connectivity index (χ3v) is 3.25. The molecule has 4 nitrogen and oxygen atoms in total. The molecule has 1 aromatic heterocycles. The van der Waals surface area contributed by atoms with E-state index in [4.69, 9.17) is 5.11 Å². The topological polar surface area (TPSA) is 55.1 Å². The number of aliphatic carboxylic acids is 1. The molecule has 4 heteroatoms. The molecule has 82 valence electrons. The fourth-order valence-electron chi connectivity index (χ4n) is 2.29. The summed E-state index contributed by atoms with van der Waals surface area (Å²) in [7, 11) is 1.89. The van der Waals surface area contributed by atoms with E-state index in [2.05, 4.69) is 5.10 Å². The van der Waals surface area contributed by atoms with Crippen LogP contribution in [0.1, 0.15) is 18.0 Å². The van der Waals surface area contributed by atoms with Gasteiger partial charge in [-0.1, -0.05) is 18.2 Å². The first-order valence-corrected chi connectivity index (χ1v) is 5.33. The number of nitrogens with zero attached hydrogens (tertiary/aromatic N) is 2. The molecule has 2 aromatic rings. The Bertz CT molecular complexity index is 573. The SMILES string of the molecule is Cn1nc([C@@H]2C[C@H]2C(=O)O)c2ccccc21. The summed E-state index contributed by atoms with van der Waals surface area (Å²) >= 11 is 0. The maximum absolute atomic E-state index is 10.9. The van der Waals surface area contributed by atoms with Gasteiger partial charge in [-0.25, -0.2) is 0 Å². The number of carboxylic acid groups (broad SMARTS) is 1. The van der Waals surface area contributed by atoms with Crippen LogP contribution in [-0.2, 0) is 11.8 Å². The van der Waals surface area contributed by atoms with Crippen LogP contribution in [0.15, 0.2) is 24.3 Å². The zero-order valence-corrected chi connectivity index (χ0v) is 8.92. The zero-order chi connectivity index (χ0) is 11.3. The fourth-order valence-corrected chi connectivity index (χ4v) is 2.29. The summed E-state index contributed by atoms with van der Waals surface area (Å²) in [5.74, 6) is -0.846. The first-order valence-electron chi connectivity index (χ1n) is 5.33. The van der Waals surface area contributed by atoms with Crippen LogP contribution < -0.4 is 0 Å². The molecular weight excluding hydrogens is 204 g/mol. The number of carboxylic acids is 1. The molecule has 1 saturated carbocycles. The third-order valence-electron chi connectivity index (χ3n) is 3.25. The van der Waals surface area contributed by atoms with Crippen molar-refractivity contribution in [3.05, 3.63) is 30.0 Å². The van der Waals surface area contributed by atoms with Crippen LogP contribution in [0.5, 0.6) is 0 Å². The molecule has 1 aliphatic carbocycles. The van der Waals surface area contributed by atoms with Crippen LogP contribution >= 0.6 is 0 Å². The summed E-state index contributed by atoms with van der Waals surface area (Å²) in [4.78, 5) is 10.9. The number of para-hydroxylation sites is 1. The maximum Gasteiger partial charge on any atom is 0.307 e. The van der Waals surface area contributed by atoms with Crippen LogP contribution in [0.25, 0.3) is 10.9 Å². The van der Waals surface area contributed by atoms with Crippen LogP contribution in [-0.4, -0.2) is 20.9 Å². The van der Waals surface area contributed by atoms with Crippen molar-refractivity contribution in [3.63, 3.8) is 0 Å². The van der Waals surface area contributed by atoms with E-state index in [0.29, 0.717) is 0 Å². The second-order valence-corrected chi connectivity index (χ2v) is 4.31. The number of aryl methyl sites for hydroxylation is 1. The van der Waals surface area contributed by atoms with Gasteiger partial charge in [-0.3, -0.25) is 9.48 Å². The molecule has 16 heavy (non-hydrogen) atoms. The standard InChI is InChI=1S/C12H12N2O2/c1-14-10-5-3-2-4-7(10)11(13-14)8-6-9(8)12(15)16/h2-5,8-9H,6H2,1H3,(H,15,16)/t8-,9-/m1/s1. The summed E-state index contributed by atoms with van der Waals surface area (Å²) < 4.78 is 1.82. The molecule has 1 aromatic carbocycles. The van der Waals surface area contributed by atoms with E-state index in [9.17, 15) is 4.79 Å². The van der Waals surface area contributed by atoms with Gasteiger partial charge in [0.05, 0.1) is 17.1 Å². The molecule has 2 atom stereocenters. The van der Waals surface area contributed by atoms with Crippen molar-refractivity contribution in [1.82, 2.24) is 9.78 Å². The Balaban J connectivity index is 2.09. The molecule has 0 aliphatic heterocycles. The van der Waals surface area contributed by atoms with E-state index in [0.717, 1.165) is 23.0 Å². The highest BCUT2D eigenvalue weighted by Gasteiger charge is 2.46. The molecule has 0 amide bonds. The van der Waals surface area contributed by atoms with Crippen molar-refractivity contribution in [1.29, 1.82) is 0 Å². The predicted molar refractivity (Wildman–Crippen MR) is 59.2 cm³/mol. The number of hydrogen-bond acceptors (Lipinski definition) is 2. The highest BCUT2D eigenvalue weighted by Crippen LogP contribution is 2.48. The van der Waals surface area contributed by atoms with Crippen molar-refractivity contribution in [3.8, 4) is 0 Å². The second-order valence-electron chi connectivity index (χ2n) is 4.31. The Morgan fingerprint density at radius 1 is 1.50 bits per heavy atom. The molecule has 1 aliphatic rings. The normalized spacial score (nSPS) is 23.6. The maximum atomic E-state index is 10.9. The third kappa shape index (κ3) is 1.23. The molecule has 0 spiro atoms. The van der Waals surface area contributed by atoms with E-state index < -0.39 is 5.97 Å². The Morgan fingerprint density at radius 2 is 2.25 bits per heavy atom. The van der Waals surface area contributed by atoms with E-state index in [-0.39, 0.29) is 11.8 Å². The molecular formula is C12H12N2O2. The molecule has 1 fully saturated rings. The largest absolute Gasteiger partial charge is 0.481 e. The van der Waals surface area contributed by atoms with Crippen LogP contribution in [0.2, 0.25) is 0 Å². The van der Waals surface area contributed by atoms with Gasteiger partial charge in [0.1, 0.15) is 0 Å². The molecule has 0 saturated heterocycles. The minimum atomic E-state index is -0.709. The van der Waals surface area contributed by atoms with Gasteiger partial charge < -0.3 is 5.11 Å². The smallest absolute Gasteiger partial charge is 0.307 e. The lowest BCUT2D eigenvalue weighted by molar-refractivity contribution is -0.138. The Labute approximate surface area is 92.5 Å². The molecule has 1 N–H and O–H groups in total. The number of aromatic nitrogens is 2. The van der Waals surface area contributed by atoms with Crippen molar-refractivity contribution >= 4 is 16.9 Å². The molecule has 1 heterocycles. The lowest BCUT2D eigenvalue weighted by Gasteiger charge is -1.92. The number of hydrogen-bond donors (Lipinski definition) is 1. The first kappa shape index (κ1) is 9.39. The van der Waals surface area contributed by atoms with Crippen LogP contribution in [0, 0.1) is 5.92 Å². The van der Waals surface area contributed by atoms with Gasteiger partial charge >= 0.3 is 5.97 Å². The fraction of sp³-hybridized carbons (Fsp3) is 0.333. The highest BCUT2D eigenvalue weighted by atomic mass is 16.4. The quantitative estimate of drug-likeness (QED) is 0.832. The van der Waals surface area contributed by atoms with Gasteiger partial charge in [0, 0.05) is 18.4 Å². The van der Waals surface area contributed by atoms with Gasteiger partial charge in [0.15, 0.2) is 0 Å².